The fourth-order valence-corrected chi connectivity index (χ4v) is 2.63. The number of esters is 1. The Morgan fingerprint density at radius 2 is 2.12 bits per heavy atom. The second kappa shape index (κ2) is 4.50. The first kappa shape index (κ1) is 12.1. The van der Waals surface area contributed by atoms with Gasteiger partial charge in [0.25, 0.3) is 0 Å². The molecule has 1 N–H and O–H groups in total. The van der Waals surface area contributed by atoms with Crippen LogP contribution in [0.4, 0.5) is 0 Å². The SMILES string of the molecule is COC(=O)c1cc(Br)c2c(Cl)cc(=O)[nH]c2c1. The van der Waals surface area contributed by atoms with E-state index in [2.05, 4.69) is 25.7 Å². The molecule has 2 rings (SSSR count). The molecule has 0 amide bonds. The van der Waals surface area contributed by atoms with Crippen LogP contribution in [0.5, 0.6) is 0 Å². The summed E-state index contributed by atoms with van der Waals surface area (Å²) in [4.78, 5) is 25.3. The largest absolute Gasteiger partial charge is 0.465 e. The number of aromatic amines is 1. The van der Waals surface area contributed by atoms with E-state index in [9.17, 15) is 9.59 Å². The first-order valence-electron chi connectivity index (χ1n) is 4.63. The Hall–Kier alpha value is -1.33. The molecule has 2 aromatic rings. The Balaban J connectivity index is 2.82. The summed E-state index contributed by atoms with van der Waals surface area (Å²) in [5.41, 5.74) is 0.499. The van der Waals surface area contributed by atoms with E-state index in [1.54, 1.807) is 6.07 Å². The maximum atomic E-state index is 11.4. The predicted octanol–water partition coefficient (Wildman–Crippen LogP) is 2.73. The van der Waals surface area contributed by atoms with Crippen LogP contribution in [0.15, 0.2) is 27.5 Å². The summed E-state index contributed by atoms with van der Waals surface area (Å²) >= 11 is 9.27. The average Bonchev–Trinajstić information content (AvgIpc) is 2.26. The van der Waals surface area contributed by atoms with Gasteiger partial charge in [-0.15, -0.1) is 0 Å². The highest BCUT2D eigenvalue weighted by atomic mass is 79.9. The molecule has 0 aliphatic carbocycles. The molecule has 0 saturated heterocycles. The van der Waals surface area contributed by atoms with Gasteiger partial charge in [-0.2, -0.15) is 0 Å². The number of aromatic nitrogens is 1. The molecule has 4 nitrogen and oxygen atoms in total. The fourth-order valence-electron chi connectivity index (χ4n) is 1.54. The molecule has 0 aliphatic rings. The molecular weight excluding hydrogens is 309 g/mol. The van der Waals surface area contributed by atoms with E-state index >= 15 is 0 Å². The number of carbonyl (C=O) groups excluding carboxylic acids is 1. The average molecular weight is 317 g/mol. The molecule has 0 saturated carbocycles. The van der Waals surface area contributed by atoms with Crippen LogP contribution in [0.3, 0.4) is 0 Å². The lowest BCUT2D eigenvalue weighted by Gasteiger charge is -2.06. The summed E-state index contributed by atoms with van der Waals surface area (Å²) in [5.74, 6) is -0.478. The number of carbonyl (C=O) groups is 1. The van der Waals surface area contributed by atoms with Crippen molar-refractivity contribution in [3.8, 4) is 0 Å². The van der Waals surface area contributed by atoms with Gasteiger partial charge in [-0.25, -0.2) is 4.79 Å². The van der Waals surface area contributed by atoms with Crippen molar-refractivity contribution in [2.75, 3.05) is 7.11 Å². The zero-order valence-corrected chi connectivity index (χ0v) is 11.1. The lowest BCUT2D eigenvalue weighted by atomic mass is 10.1. The molecule has 0 spiro atoms. The van der Waals surface area contributed by atoms with Crippen molar-refractivity contribution in [2.24, 2.45) is 0 Å². The molecule has 6 heteroatoms. The number of methoxy groups -OCH3 is 1. The minimum atomic E-state index is -0.478. The Morgan fingerprint density at radius 1 is 1.41 bits per heavy atom. The lowest BCUT2D eigenvalue weighted by molar-refractivity contribution is 0.0601. The maximum Gasteiger partial charge on any atom is 0.337 e. The number of H-pyrrole nitrogens is 1. The number of fused-ring (bicyclic) bond motifs is 1. The molecule has 0 bridgehead atoms. The highest BCUT2D eigenvalue weighted by Gasteiger charge is 2.12. The Bertz CT molecular complexity index is 666. The highest BCUT2D eigenvalue weighted by Crippen LogP contribution is 2.29. The molecular formula is C11H7BrClNO3. The van der Waals surface area contributed by atoms with Crippen molar-refractivity contribution >= 4 is 44.4 Å². The number of ether oxygens (including phenoxy) is 1. The quantitative estimate of drug-likeness (QED) is 0.823. The number of benzene rings is 1. The van der Waals surface area contributed by atoms with Crippen molar-refractivity contribution in [2.45, 2.75) is 0 Å². The molecule has 88 valence electrons. The third-order valence-electron chi connectivity index (χ3n) is 2.27. The van der Waals surface area contributed by atoms with Crippen molar-refractivity contribution in [3.05, 3.63) is 43.6 Å². The molecule has 0 fully saturated rings. The summed E-state index contributed by atoms with van der Waals surface area (Å²) in [6.45, 7) is 0. The summed E-state index contributed by atoms with van der Waals surface area (Å²) in [6.07, 6.45) is 0. The van der Waals surface area contributed by atoms with Crippen LogP contribution in [-0.2, 0) is 4.74 Å². The molecule has 0 aliphatic heterocycles. The van der Waals surface area contributed by atoms with Crippen LogP contribution in [0.25, 0.3) is 10.9 Å². The van der Waals surface area contributed by atoms with Gasteiger partial charge >= 0.3 is 5.97 Å². The Kier molecular flexibility index (Phi) is 3.22. The monoisotopic (exact) mass is 315 g/mol. The van der Waals surface area contributed by atoms with Gasteiger partial charge in [-0.3, -0.25) is 4.79 Å². The van der Waals surface area contributed by atoms with Crippen LogP contribution < -0.4 is 5.56 Å². The molecule has 0 radical (unpaired) electrons. The second-order valence-corrected chi connectivity index (χ2v) is 4.62. The molecule has 1 heterocycles. The number of hydrogen-bond donors (Lipinski definition) is 1. The van der Waals surface area contributed by atoms with Crippen molar-refractivity contribution < 1.29 is 9.53 Å². The van der Waals surface area contributed by atoms with Crippen LogP contribution >= 0.6 is 27.5 Å². The van der Waals surface area contributed by atoms with Gasteiger partial charge in [-0.05, 0) is 12.1 Å². The summed E-state index contributed by atoms with van der Waals surface area (Å²) in [7, 11) is 1.29. The molecule has 0 unspecified atom stereocenters. The van der Waals surface area contributed by atoms with Gasteiger partial charge < -0.3 is 9.72 Å². The number of halogens is 2. The molecule has 0 atom stereocenters. The molecule has 1 aromatic carbocycles. The summed E-state index contributed by atoms with van der Waals surface area (Å²) < 4.78 is 5.24. The van der Waals surface area contributed by atoms with E-state index in [1.165, 1.54) is 19.2 Å². The maximum absolute atomic E-state index is 11.4. The smallest absolute Gasteiger partial charge is 0.337 e. The van der Waals surface area contributed by atoms with E-state index in [4.69, 9.17) is 11.6 Å². The van der Waals surface area contributed by atoms with Gasteiger partial charge in [0.05, 0.1) is 23.2 Å². The summed E-state index contributed by atoms with van der Waals surface area (Å²) in [5, 5.41) is 0.978. The predicted molar refractivity (Wildman–Crippen MR) is 68.6 cm³/mol. The topological polar surface area (TPSA) is 59.2 Å². The third-order valence-corrected chi connectivity index (χ3v) is 3.19. The van der Waals surface area contributed by atoms with Crippen molar-refractivity contribution in [3.63, 3.8) is 0 Å². The first-order chi connectivity index (χ1) is 8.02. The van der Waals surface area contributed by atoms with Gasteiger partial charge in [0, 0.05) is 15.9 Å². The third kappa shape index (κ3) is 2.21. The fraction of sp³-hybridized carbons (Fsp3) is 0.0909. The first-order valence-corrected chi connectivity index (χ1v) is 5.80. The van der Waals surface area contributed by atoms with Crippen LogP contribution in [0.2, 0.25) is 5.02 Å². The van der Waals surface area contributed by atoms with E-state index in [-0.39, 0.29) is 5.56 Å². The Labute approximate surface area is 110 Å². The summed E-state index contributed by atoms with van der Waals surface area (Å²) in [6, 6.07) is 4.41. The van der Waals surface area contributed by atoms with E-state index in [1.807, 2.05) is 0 Å². The van der Waals surface area contributed by atoms with Crippen LogP contribution in [-0.4, -0.2) is 18.1 Å². The molecule has 1 aromatic heterocycles. The normalized spacial score (nSPS) is 10.5. The van der Waals surface area contributed by atoms with Gasteiger partial charge in [-0.1, -0.05) is 27.5 Å². The van der Waals surface area contributed by atoms with E-state index in [0.29, 0.717) is 26.0 Å². The number of pyridine rings is 1. The number of hydrogen-bond acceptors (Lipinski definition) is 3. The van der Waals surface area contributed by atoms with Gasteiger partial charge in [0.15, 0.2) is 0 Å². The number of rotatable bonds is 1. The van der Waals surface area contributed by atoms with Crippen LogP contribution in [0.1, 0.15) is 10.4 Å². The molecule has 17 heavy (non-hydrogen) atoms. The second-order valence-electron chi connectivity index (χ2n) is 3.35. The zero-order valence-electron chi connectivity index (χ0n) is 8.71. The van der Waals surface area contributed by atoms with Gasteiger partial charge in [0.1, 0.15) is 0 Å². The lowest BCUT2D eigenvalue weighted by Crippen LogP contribution is -2.06. The zero-order chi connectivity index (χ0) is 12.6. The minimum Gasteiger partial charge on any atom is -0.465 e. The van der Waals surface area contributed by atoms with Crippen molar-refractivity contribution in [1.82, 2.24) is 4.98 Å². The van der Waals surface area contributed by atoms with Gasteiger partial charge in [0.2, 0.25) is 5.56 Å². The van der Waals surface area contributed by atoms with Crippen molar-refractivity contribution in [1.29, 1.82) is 0 Å². The van der Waals surface area contributed by atoms with Crippen LogP contribution in [0, 0.1) is 0 Å². The Morgan fingerprint density at radius 3 is 2.76 bits per heavy atom. The minimum absolute atomic E-state index is 0.323. The van der Waals surface area contributed by atoms with E-state index in [0.717, 1.165) is 0 Å². The standard InChI is InChI=1S/C11H7BrClNO3/c1-17-11(16)5-2-6(12)10-7(13)4-9(15)14-8(10)3-5/h2-4H,1H3,(H,14,15). The highest BCUT2D eigenvalue weighted by molar-refractivity contribution is 9.10. The number of nitrogens with one attached hydrogen (secondary N) is 1. The van der Waals surface area contributed by atoms with E-state index < -0.39 is 5.97 Å².